The van der Waals surface area contributed by atoms with Crippen LogP contribution in [-0.4, -0.2) is 34.7 Å². The van der Waals surface area contributed by atoms with Crippen LogP contribution in [0.15, 0.2) is 0 Å². The van der Waals surface area contributed by atoms with E-state index in [2.05, 4.69) is 26.1 Å². The van der Waals surface area contributed by atoms with E-state index in [1.165, 1.54) is 12.8 Å². The van der Waals surface area contributed by atoms with Gasteiger partial charge in [0, 0.05) is 18.9 Å². The van der Waals surface area contributed by atoms with Crippen molar-refractivity contribution in [3.05, 3.63) is 0 Å². The van der Waals surface area contributed by atoms with Gasteiger partial charge < -0.3 is 15.5 Å². The van der Waals surface area contributed by atoms with Crippen LogP contribution in [0.1, 0.15) is 78.6 Å². The van der Waals surface area contributed by atoms with Crippen LogP contribution in [0.25, 0.3) is 0 Å². The molecule has 0 heterocycles. The Balaban J connectivity index is 1.52. The number of rotatable bonds is 4. The first-order valence-corrected chi connectivity index (χ1v) is 11.8. The first kappa shape index (κ1) is 21.1. The molecule has 0 aromatic heterocycles. The van der Waals surface area contributed by atoms with E-state index < -0.39 is 6.09 Å². The zero-order valence-corrected chi connectivity index (χ0v) is 18.3. The number of aliphatic hydroxyl groups is 1. The zero-order valence-electron chi connectivity index (χ0n) is 18.3. The van der Waals surface area contributed by atoms with Gasteiger partial charge in [-0.05, 0) is 91.8 Å². The van der Waals surface area contributed by atoms with E-state index in [-0.39, 0.29) is 22.9 Å². The maximum atomic E-state index is 13.4. The van der Waals surface area contributed by atoms with Crippen molar-refractivity contribution < 1.29 is 19.8 Å². The Morgan fingerprint density at radius 3 is 2.55 bits per heavy atom. The monoisotopic (exact) mass is 405 g/mol. The predicted molar refractivity (Wildman–Crippen MR) is 111 cm³/mol. The predicted octanol–water partition coefficient (Wildman–Crippen LogP) is 4.48. The van der Waals surface area contributed by atoms with Gasteiger partial charge in [0.25, 0.3) is 0 Å². The lowest BCUT2D eigenvalue weighted by Crippen LogP contribution is -2.57. The van der Waals surface area contributed by atoms with Crippen LogP contribution in [0.2, 0.25) is 0 Å². The topological polar surface area (TPSA) is 86.6 Å². The summed E-state index contributed by atoms with van der Waals surface area (Å²) in [7, 11) is 0. The van der Waals surface area contributed by atoms with Gasteiger partial charge in [0.1, 0.15) is 5.78 Å². The fraction of sp³-hybridized carbons (Fsp3) is 0.917. The third-order valence-electron chi connectivity index (χ3n) is 10.1. The van der Waals surface area contributed by atoms with E-state index in [1.807, 2.05) is 0 Å². The minimum absolute atomic E-state index is 0.205. The molecule has 0 spiro atoms. The summed E-state index contributed by atoms with van der Waals surface area (Å²) in [6, 6.07) is 0. The molecule has 0 bridgehead atoms. The number of carboxylic acid groups (broad SMARTS) is 1. The Morgan fingerprint density at radius 1 is 1.14 bits per heavy atom. The molecule has 1 amide bonds. The highest BCUT2D eigenvalue weighted by Crippen LogP contribution is 2.67. The van der Waals surface area contributed by atoms with Crippen LogP contribution in [-0.2, 0) is 4.79 Å². The molecular weight excluding hydrogens is 366 g/mol. The fourth-order valence-electron chi connectivity index (χ4n) is 8.49. The third-order valence-corrected chi connectivity index (χ3v) is 10.1. The molecule has 0 aromatic carbocycles. The Kier molecular flexibility index (Phi) is 5.50. The van der Waals surface area contributed by atoms with Gasteiger partial charge >= 0.3 is 6.09 Å². The lowest BCUT2D eigenvalue weighted by molar-refractivity contribution is -0.160. The molecule has 5 unspecified atom stereocenters. The molecule has 4 rings (SSSR count). The summed E-state index contributed by atoms with van der Waals surface area (Å²) in [4.78, 5) is 24.2. The van der Waals surface area contributed by atoms with Gasteiger partial charge in [-0.1, -0.05) is 20.8 Å². The minimum atomic E-state index is -0.943. The van der Waals surface area contributed by atoms with Gasteiger partial charge in [-0.25, -0.2) is 4.79 Å². The van der Waals surface area contributed by atoms with E-state index in [1.54, 1.807) is 0 Å². The van der Waals surface area contributed by atoms with E-state index in [9.17, 15) is 14.7 Å². The first-order chi connectivity index (χ1) is 13.7. The quantitative estimate of drug-likeness (QED) is 0.644. The minimum Gasteiger partial charge on any atom is -0.465 e. The highest BCUT2D eigenvalue weighted by atomic mass is 16.4. The fourth-order valence-corrected chi connectivity index (χ4v) is 8.49. The molecule has 9 atom stereocenters. The van der Waals surface area contributed by atoms with Gasteiger partial charge in [-0.15, -0.1) is 0 Å². The summed E-state index contributed by atoms with van der Waals surface area (Å²) in [6.07, 6.45) is 7.80. The van der Waals surface area contributed by atoms with Crippen LogP contribution >= 0.6 is 0 Å². The molecule has 0 saturated heterocycles. The molecule has 4 aliphatic rings. The molecule has 4 aliphatic carbocycles. The molecule has 164 valence electrons. The smallest absolute Gasteiger partial charge is 0.404 e. The molecule has 0 aliphatic heterocycles. The average molecular weight is 406 g/mol. The van der Waals surface area contributed by atoms with Crippen molar-refractivity contribution in [1.29, 1.82) is 0 Å². The van der Waals surface area contributed by atoms with Crippen molar-refractivity contribution in [1.82, 2.24) is 5.32 Å². The number of ketones is 1. The second kappa shape index (κ2) is 7.55. The third kappa shape index (κ3) is 3.41. The highest BCUT2D eigenvalue weighted by molar-refractivity contribution is 5.83. The van der Waals surface area contributed by atoms with Gasteiger partial charge in [-0.2, -0.15) is 0 Å². The summed E-state index contributed by atoms with van der Waals surface area (Å²) in [5, 5.41) is 21.6. The molecule has 5 nitrogen and oxygen atoms in total. The summed E-state index contributed by atoms with van der Waals surface area (Å²) < 4.78 is 0. The maximum absolute atomic E-state index is 13.4. The number of nitrogens with one attached hydrogen (secondary N) is 1. The van der Waals surface area contributed by atoms with Gasteiger partial charge in [0.2, 0.25) is 0 Å². The SMILES string of the molecule is CC(CCNC(=O)O)[C@H]1CCC2C3C(=O)CC4C[C@H](O)CC[C@]4(C)C3CC[C@@]21C. The second-order valence-electron chi connectivity index (χ2n) is 11.3. The number of amides is 1. The van der Waals surface area contributed by atoms with Crippen molar-refractivity contribution in [2.75, 3.05) is 6.54 Å². The Labute approximate surface area is 175 Å². The van der Waals surface area contributed by atoms with Gasteiger partial charge in [0.05, 0.1) is 6.10 Å². The lowest BCUT2D eigenvalue weighted by Gasteiger charge is -2.60. The molecule has 4 fully saturated rings. The number of Topliss-reactive ketones (excluding diaryl/α,β-unsaturated/α-hetero) is 1. The van der Waals surface area contributed by atoms with Crippen molar-refractivity contribution in [2.45, 2.75) is 84.7 Å². The number of hydrogen-bond donors (Lipinski definition) is 3. The van der Waals surface area contributed by atoms with Gasteiger partial charge in [0.15, 0.2) is 0 Å². The molecular formula is C24H39NO4. The first-order valence-electron chi connectivity index (χ1n) is 11.8. The van der Waals surface area contributed by atoms with Crippen molar-refractivity contribution in [3.8, 4) is 0 Å². The summed E-state index contributed by atoms with van der Waals surface area (Å²) in [5.41, 5.74) is 0.422. The van der Waals surface area contributed by atoms with Crippen LogP contribution in [0, 0.1) is 46.3 Å². The Hall–Kier alpha value is -1.10. The van der Waals surface area contributed by atoms with Crippen LogP contribution in [0.5, 0.6) is 0 Å². The molecule has 0 radical (unpaired) electrons. The van der Waals surface area contributed by atoms with Crippen molar-refractivity contribution in [3.63, 3.8) is 0 Å². The Morgan fingerprint density at radius 2 is 1.83 bits per heavy atom. The zero-order chi connectivity index (χ0) is 21.0. The van der Waals surface area contributed by atoms with E-state index in [0.717, 1.165) is 38.5 Å². The van der Waals surface area contributed by atoms with Crippen molar-refractivity contribution >= 4 is 11.9 Å². The lowest BCUT2D eigenvalue weighted by atomic mass is 9.44. The molecule has 4 saturated carbocycles. The van der Waals surface area contributed by atoms with Crippen LogP contribution < -0.4 is 5.32 Å². The highest BCUT2D eigenvalue weighted by Gasteiger charge is 2.62. The Bertz CT molecular complexity index is 665. The number of hydrogen-bond acceptors (Lipinski definition) is 3. The standard InChI is InChI=1S/C24H39NO4/c1-14(8-11-25-22(28)29)17-4-5-18-21-19(7-10-24(17,18)3)23(2)9-6-16(26)12-15(23)13-20(21)27/h14-19,21,25-26H,4-13H2,1-3H3,(H,28,29)/t14?,15?,16-,17-,18?,19?,21?,23+,24-/m1/s1. The summed E-state index contributed by atoms with van der Waals surface area (Å²) in [5.74, 6) is 3.07. The number of carbonyl (C=O) groups is 2. The largest absolute Gasteiger partial charge is 0.465 e. The van der Waals surface area contributed by atoms with Gasteiger partial charge in [-0.3, -0.25) is 4.79 Å². The number of fused-ring (bicyclic) bond motifs is 5. The average Bonchev–Trinajstić information content (AvgIpc) is 3.00. The molecule has 5 heteroatoms. The molecule has 3 N–H and O–H groups in total. The van der Waals surface area contributed by atoms with Crippen LogP contribution in [0.4, 0.5) is 4.79 Å². The molecule has 0 aromatic rings. The maximum Gasteiger partial charge on any atom is 0.404 e. The van der Waals surface area contributed by atoms with E-state index in [4.69, 9.17) is 5.11 Å². The normalized spacial score (nSPS) is 47.7. The number of aliphatic hydroxyl groups excluding tert-OH is 1. The van der Waals surface area contributed by atoms with Crippen molar-refractivity contribution in [2.24, 2.45) is 46.3 Å². The van der Waals surface area contributed by atoms with E-state index in [0.29, 0.717) is 48.3 Å². The molecule has 29 heavy (non-hydrogen) atoms. The summed E-state index contributed by atoms with van der Waals surface area (Å²) in [6.45, 7) is 7.64. The van der Waals surface area contributed by atoms with E-state index >= 15 is 0 Å². The summed E-state index contributed by atoms with van der Waals surface area (Å²) >= 11 is 0. The second-order valence-corrected chi connectivity index (χ2v) is 11.3. The number of carbonyl (C=O) groups excluding carboxylic acids is 1. The van der Waals surface area contributed by atoms with Crippen LogP contribution in [0.3, 0.4) is 0 Å².